The number of carbonyl (C=O) groups is 2. The molecule has 0 aromatic carbocycles. The molecular weight excluding hydrogens is 208 g/mol. The standard InChI is InChI=1S/C12H12O4/c1-15-11(13)9-5-3-7-10(8-4-6-9)12(14)16-2/h3-8H,1-2H3. The molecule has 4 nitrogen and oxygen atoms in total. The van der Waals surface area contributed by atoms with E-state index in [9.17, 15) is 9.59 Å². The predicted molar refractivity (Wildman–Crippen MR) is 58.5 cm³/mol. The topological polar surface area (TPSA) is 52.6 Å². The van der Waals surface area contributed by atoms with E-state index >= 15 is 0 Å². The molecule has 0 saturated heterocycles. The maximum Gasteiger partial charge on any atom is 0.337 e. The Bertz CT molecular complexity index is 371. The van der Waals surface area contributed by atoms with Crippen LogP contribution in [0.5, 0.6) is 0 Å². The molecule has 0 saturated carbocycles. The Morgan fingerprint density at radius 3 is 1.56 bits per heavy atom. The highest BCUT2D eigenvalue weighted by molar-refractivity contribution is 5.94. The highest BCUT2D eigenvalue weighted by Crippen LogP contribution is 2.08. The Hall–Kier alpha value is -2.10. The smallest absolute Gasteiger partial charge is 0.337 e. The van der Waals surface area contributed by atoms with Crippen molar-refractivity contribution in [1.82, 2.24) is 0 Å². The van der Waals surface area contributed by atoms with Crippen molar-refractivity contribution in [3.05, 3.63) is 47.6 Å². The normalized spacial score (nSPS) is 14.4. The molecule has 0 aromatic rings. The van der Waals surface area contributed by atoms with Crippen LogP contribution in [-0.4, -0.2) is 26.2 Å². The third-order valence-corrected chi connectivity index (χ3v) is 1.95. The fourth-order valence-corrected chi connectivity index (χ4v) is 1.13. The fraction of sp³-hybridized carbons (Fsp3) is 0.167. The number of carbonyl (C=O) groups excluding carboxylic acids is 2. The average Bonchev–Trinajstić information content (AvgIpc) is 2.27. The molecule has 16 heavy (non-hydrogen) atoms. The third kappa shape index (κ3) is 2.95. The maximum atomic E-state index is 11.2. The monoisotopic (exact) mass is 220 g/mol. The summed E-state index contributed by atoms with van der Waals surface area (Å²) in [6.07, 6.45) is 9.46. The molecule has 1 rings (SSSR count). The summed E-state index contributed by atoms with van der Waals surface area (Å²) in [4.78, 5) is 22.4. The van der Waals surface area contributed by atoms with Crippen molar-refractivity contribution in [1.29, 1.82) is 0 Å². The van der Waals surface area contributed by atoms with Crippen LogP contribution in [0.15, 0.2) is 47.6 Å². The lowest BCUT2D eigenvalue weighted by Crippen LogP contribution is -2.04. The van der Waals surface area contributed by atoms with E-state index in [1.807, 2.05) is 0 Å². The van der Waals surface area contributed by atoms with E-state index in [0.717, 1.165) is 0 Å². The van der Waals surface area contributed by atoms with Crippen LogP contribution in [0, 0.1) is 0 Å². The van der Waals surface area contributed by atoms with E-state index < -0.39 is 11.9 Å². The second kappa shape index (κ2) is 5.70. The number of hydrogen-bond acceptors (Lipinski definition) is 4. The molecule has 0 unspecified atom stereocenters. The number of rotatable bonds is 2. The Morgan fingerprint density at radius 1 is 0.875 bits per heavy atom. The van der Waals surface area contributed by atoms with Gasteiger partial charge in [0.2, 0.25) is 0 Å². The van der Waals surface area contributed by atoms with E-state index in [1.54, 1.807) is 36.5 Å². The molecule has 4 heteroatoms. The number of methoxy groups -OCH3 is 2. The Kier molecular flexibility index (Phi) is 4.27. The first-order valence-corrected chi connectivity index (χ1v) is 4.62. The summed E-state index contributed by atoms with van der Waals surface area (Å²) < 4.78 is 9.15. The third-order valence-electron chi connectivity index (χ3n) is 1.95. The van der Waals surface area contributed by atoms with Crippen LogP contribution in [0.4, 0.5) is 0 Å². The summed E-state index contributed by atoms with van der Waals surface area (Å²) in [5.41, 5.74) is 0.831. The molecule has 0 aliphatic heterocycles. The minimum atomic E-state index is -0.421. The summed E-state index contributed by atoms with van der Waals surface area (Å²) in [5, 5.41) is 0. The number of ether oxygens (including phenoxy) is 2. The minimum Gasteiger partial charge on any atom is -0.465 e. The van der Waals surface area contributed by atoms with Gasteiger partial charge >= 0.3 is 11.9 Å². The molecular formula is C12H12O4. The van der Waals surface area contributed by atoms with Gasteiger partial charge in [-0.15, -0.1) is 0 Å². The zero-order valence-corrected chi connectivity index (χ0v) is 9.10. The van der Waals surface area contributed by atoms with Gasteiger partial charge < -0.3 is 9.47 Å². The van der Waals surface area contributed by atoms with E-state index in [-0.39, 0.29) is 0 Å². The highest BCUT2D eigenvalue weighted by atomic mass is 16.5. The van der Waals surface area contributed by atoms with E-state index in [1.165, 1.54) is 14.2 Å². The van der Waals surface area contributed by atoms with Gasteiger partial charge in [-0.1, -0.05) is 12.2 Å². The van der Waals surface area contributed by atoms with Crippen molar-refractivity contribution in [3.63, 3.8) is 0 Å². The molecule has 84 valence electrons. The van der Waals surface area contributed by atoms with Crippen molar-refractivity contribution in [2.75, 3.05) is 14.2 Å². The summed E-state index contributed by atoms with van der Waals surface area (Å²) in [6, 6.07) is 0. The number of hydrogen-bond donors (Lipinski definition) is 0. The van der Waals surface area contributed by atoms with Gasteiger partial charge in [-0.25, -0.2) is 9.59 Å². The summed E-state index contributed by atoms with van der Waals surface area (Å²) >= 11 is 0. The molecule has 0 amide bonds. The van der Waals surface area contributed by atoms with Gasteiger partial charge in [0.1, 0.15) is 0 Å². The fourth-order valence-electron chi connectivity index (χ4n) is 1.13. The van der Waals surface area contributed by atoms with Crippen molar-refractivity contribution in [2.24, 2.45) is 0 Å². The van der Waals surface area contributed by atoms with Gasteiger partial charge in [-0.2, -0.15) is 0 Å². The van der Waals surface area contributed by atoms with Gasteiger partial charge in [-0.3, -0.25) is 0 Å². The van der Waals surface area contributed by atoms with Gasteiger partial charge in [0, 0.05) is 0 Å². The van der Waals surface area contributed by atoms with Crippen molar-refractivity contribution in [3.8, 4) is 0 Å². The van der Waals surface area contributed by atoms with Crippen molar-refractivity contribution < 1.29 is 19.1 Å². The van der Waals surface area contributed by atoms with E-state index in [2.05, 4.69) is 9.47 Å². The summed E-state index contributed by atoms with van der Waals surface area (Å²) in [6.45, 7) is 0. The Balaban J connectivity index is 2.88. The second-order valence-corrected chi connectivity index (χ2v) is 2.95. The zero-order valence-electron chi connectivity index (χ0n) is 9.10. The first kappa shape index (κ1) is 12.0. The first-order valence-electron chi connectivity index (χ1n) is 4.62. The van der Waals surface area contributed by atoms with Gasteiger partial charge in [0.25, 0.3) is 0 Å². The minimum absolute atomic E-state index is 0.416. The molecule has 0 spiro atoms. The molecule has 0 heterocycles. The lowest BCUT2D eigenvalue weighted by atomic mass is 10.1. The van der Waals surface area contributed by atoms with Crippen LogP contribution in [0.3, 0.4) is 0 Å². The van der Waals surface area contributed by atoms with Crippen LogP contribution in [-0.2, 0) is 19.1 Å². The first-order chi connectivity index (χ1) is 7.69. The quantitative estimate of drug-likeness (QED) is 0.658. The summed E-state index contributed by atoms with van der Waals surface area (Å²) in [7, 11) is 2.63. The molecule has 1 aliphatic carbocycles. The Labute approximate surface area is 93.5 Å². The van der Waals surface area contributed by atoms with Crippen LogP contribution in [0.2, 0.25) is 0 Å². The molecule has 1 aliphatic rings. The maximum absolute atomic E-state index is 11.2. The van der Waals surface area contributed by atoms with Crippen LogP contribution in [0.1, 0.15) is 0 Å². The van der Waals surface area contributed by atoms with Crippen LogP contribution >= 0.6 is 0 Å². The number of allylic oxidation sites excluding steroid dienone is 4. The molecule has 0 N–H and O–H groups in total. The van der Waals surface area contributed by atoms with Crippen molar-refractivity contribution >= 4 is 11.9 Å². The zero-order chi connectivity index (χ0) is 12.0. The van der Waals surface area contributed by atoms with Gasteiger partial charge in [0.05, 0.1) is 25.4 Å². The molecule has 0 fully saturated rings. The SMILES string of the molecule is COC(=O)C1=CC=CC(C(=O)OC)=CC=C1. The van der Waals surface area contributed by atoms with E-state index in [0.29, 0.717) is 11.1 Å². The largest absolute Gasteiger partial charge is 0.465 e. The lowest BCUT2D eigenvalue weighted by Gasteiger charge is -2.01. The molecule has 0 bridgehead atoms. The van der Waals surface area contributed by atoms with Gasteiger partial charge in [0.15, 0.2) is 0 Å². The van der Waals surface area contributed by atoms with Crippen LogP contribution < -0.4 is 0 Å². The average molecular weight is 220 g/mol. The molecule has 0 aromatic heterocycles. The second-order valence-electron chi connectivity index (χ2n) is 2.95. The van der Waals surface area contributed by atoms with Gasteiger partial charge in [-0.05, 0) is 24.3 Å². The number of esters is 2. The Morgan fingerprint density at radius 2 is 1.25 bits per heavy atom. The van der Waals surface area contributed by atoms with Crippen LogP contribution in [0.25, 0.3) is 0 Å². The van der Waals surface area contributed by atoms with Crippen molar-refractivity contribution in [2.45, 2.75) is 0 Å². The summed E-state index contributed by atoms with van der Waals surface area (Å²) in [5.74, 6) is -0.841. The molecule has 0 radical (unpaired) electrons. The predicted octanol–water partition coefficient (Wildman–Crippen LogP) is 1.31. The van der Waals surface area contributed by atoms with E-state index in [4.69, 9.17) is 0 Å². The molecule has 0 atom stereocenters. The lowest BCUT2D eigenvalue weighted by molar-refractivity contribution is -0.136. The highest BCUT2D eigenvalue weighted by Gasteiger charge is 2.08.